The summed E-state index contributed by atoms with van der Waals surface area (Å²) in [6.07, 6.45) is 5.03. The molecule has 0 amide bonds. The van der Waals surface area contributed by atoms with E-state index in [0.29, 0.717) is 6.04 Å². The Balaban J connectivity index is 2.65. The largest absolute Gasteiger partial charge is 0.495 e. The Bertz CT molecular complexity index is 371. The molecule has 3 heteroatoms. The fourth-order valence-corrected chi connectivity index (χ4v) is 2.24. The average molecular weight is 264 g/mol. The second-order valence-electron chi connectivity index (χ2n) is 6.06. The molecule has 0 saturated heterocycles. The molecule has 1 heterocycles. The van der Waals surface area contributed by atoms with E-state index in [-0.39, 0.29) is 5.41 Å². The number of ether oxygens (including phenoxy) is 1. The maximum atomic E-state index is 5.36. The first kappa shape index (κ1) is 16.0. The van der Waals surface area contributed by atoms with E-state index in [1.54, 1.807) is 7.11 Å². The van der Waals surface area contributed by atoms with Crippen LogP contribution >= 0.6 is 0 Å². The van der Waals surface area contributed by atoms with Crippen LogP contribution in [-0.2, 0) is 6.42 Å². The van der Waals surface area contributed by atoms with E-state index in [1.165, 1.54) is 6.42 Å². The number of aryl methyl sites for hydroxylation is 1. The van der Waals surface area contributed by atoms with Crippen molar-refractivity contribution in [1.29, 1.82) is 0 Å². The van der Waals surface area contributed by atoms with Gasteiger partial charge in [0.05, 0.1) is 12.8 Å². The minimum absolute atomic E-state index is 0.261. The summed E-state index contributed by atoms with van der Waals surface area (Å²) in [5.41, 5.74) is 1.31. The Kier molecular flexibility index (Phi) is 6.29. The number of rotatable bonds is 7. The Labute approximate surface area is 117 Å². The van der Waals surface area contributed by atoms with Gasteiger partial charge in [0, 0.05) is 12.2 Å². The van der Waals surface area contributed by atoms with Gasteiger partial charge < -0.3 is 10.1 Å². The predicted octanol–water partition coefficient (Wildman–Crippen LogP) is 3.44. The van der Waals surface area contributed by atoms with E-state index in [1.807, 2.05) is 18.3 Å². The zero-order valence-electron chi connectivity index (χ0n) is 13.0. The van der Waals surface area contributed by atoms with Crippen LogP contribution in [0.5, 0.6) is 5.75 Å². The molecule has 19 heavy (non-hydrogen) atoms. The van der Waals surface area contributed by atoms with Crippen LogP contribution < -0.4 is 10.1 Å². The standard InChI is InChI=1S/C16H28N2O/c1-6-11-18-15(16(2,3)4)10-9-13-14(19-5)8-7-12-17-13/h7-8,12,15,18H,6,9-11H2,1-5H3. The first-order valence-corrected chi connectivity index (χ1v) is 7.20. The molecule has 1 unspecified atom stereocenters. The molecule has 1 N–H and O–H groups in total. The quantitative estimate of drug-likeness (QED) is 0.819. The zero-order valence-corrected chi connectivity index (χ0v) is 13.0. The molecule has 0 bridgehead atoms. The van der Waals surface area contributed by atoms with Crippen molar-refractivity contribution in [2.45, 2.75) is 53.0 Å². The molecule has 0 spiro atoms. The van der Waals surface area contributed by atoms with Crippen molar-refractivity contribution in [3.63, 3.8) is 0 Å². The number of pyridine rings is 1. The molecule has 0 fully saturated rings. The molecule has 0 aromatic carbocycles. The van der Waals surface area contributed by atoms with Crippen LogP contribution in [-0.4, -0.2) is 24.7 Å². The van der Waals surface area contributed by atoms with Gasteiger partial charge in [-0.15, -0.1) is 0 Å². The number of aromatic nitrogens is 1. The van der Waals surface area contributed by atoms with Gasteiger partial charge in [0.1, 0.15) is 5.75 Å². The summed E-state index contributed by atoms with van der Waals surface area (Å²) in [5, 5.41) is 3.65. The number of nitrogens with zero attached hydrogens (tertiary/aromatic N) is 1. The number of methoxy groups -OCH3 is 1. The van der Waals surface area contributed by atoms with E-state index in [4.69, 9.17) is 4.74 Å². The maximum absolute atomic E-state index is 5.36. The maximum Gasteiger partial charge on any atom is 0.140 e. The molecule has 108 valence electrons. The molecular weight excluding hydrogens is 236 g/mol. The first-order chi connectivity index (χ1) is 8.99. The molecule has 0 saturated carbocycles. The lowest BCUT2D eigenvalue weighted by atomic mass is 9.83. The zero-order chi connectivity index (χ0) is 14.3. The van der Waals surface area contributed by atoms with Crippen molar-refractivity contribution in [2.24, 2.45) is 5.41 Å². The Hall–Kier alpha value is -1.09. The minimum atomic E-state index is 0.261. The van der Waals surface area contributed by atoms with Gasteiger partial charge in [-0.1, -0.05) is 27.7 Å². The second kappa shape index (κ2) is 7.49. The molecule has 0 aliphatic heterocycles. The van der Waals surface area contributed by atoms with Crippen LogP contribution in [0.4, 0.5) is 0 Å². The van der Waals surface area contributed by atoms with Gasteiger partial charge in [0.2, 0.25) is 0 Å². The third-order valence-electron chi connectivity index (χ3n) is 3.42. The fourth-order valence-electron chi connectivity index (χ4n) is 2.24. The summed E-state index contributed by atoms with van der Waals surface area (Å²) in [7, 11) is 1.71. The van der Waals surface area contributed by atoms with Crippen molar-refractivity contribution in [3.8, 4) is 5.75 Å². The number of nitrogens with one attached hydrogen (secondary N) is 1. The molecule has 1 atom stereocenters. The number of hydrogen-bond donors (Lipinski definition) is 1. The minimum Gasteiger partial charge on any atom is -0.495 e. The monoisotopic (exact) mass is 264 g/mol. The molecule has 1 rings (SSSR count). The summed E-state index contributed by atoms with van der Waals surface area (Å²) in [5.74, 6) is 0.894. The lowest BCUT2D eigenvalue weighted by molar-refractivity contribution is 0.254. The second-order valence-corrected chi connectivity index (χ2v) is 6.06. The predicted molar refractivity (Wildman–Crippen MR) is 80.6 cm³/mol. The van der Waals surface area contributed by atoms with Crippen molar-refractivity contribution >= 4 is 0 Å². The summed E-state index contributed by atoms with van der Waals surface area (Å²) in [6.45, 7) is 10.1. The Morgan fingerprint density at radius 2 is 2.11 bits per heavy atom. The first-order valence-electron chi connectivity index (χ1n) is 7.20. The molecule has 3 nitrogen and oxygen atoms in total. The SMILES string of the molecule is CCCNC(CCc1ncccc1OC)C(C)(C)C. The molecule has 1 aromatic heterocycles. The van der Waals surface area contributed by atoms with Gasteiger partial charge in [-0.25, -0.2) is 0 Å². The molecule has 0 radical (unpaired) electrons. The van der Waals surface area contributed by atoms with E-state index in [9.17, 15) is 0 Å². The summed E-state index contributed by atoms with van der Waals surface area (Å²) in [4.78, 5) is 4.43. The van der Waals surface area contributed by atoms with Gasteiger partial charge in [-0.2, -0.15) is 0 Å². The van der Waals surface area contributed by atoms with Gasteiger partial charge in [-0.05, 0) is 43.4 Å². The van der Waals surface area contributed by atoms with Crippen LogP contribution in [0.2, 0.25) is 0 Å². The summed E-state index contributed by atoms with van der Waals surface area (Å²) >= 11 is 0. The van der Waals surface area contributed by atoms with Crippen LogP contribution in [0.25, 0.3) is 0 Å². The van der Waals surface area contributed by atoms with Crippen LogP contribution in [0.3, 0.4) is 0 Å². The normalized spacial score (nSPS) is 13.3. The fraction of sp³-hybridized carbons (Fsp3) is 0.688. The highest BCUT2D eigenvalue weighted by Crippen LogP contribution is 2.25. The van der Waals surface area contributed by atoms with Gasteiger partial charge in [0.15, 0.2) is 0 Å². The van der Waals surface area contributed by atoms with Crippen molar-refractivity contribution < 1.29 is 4.74 Å². The van der Waals surface area contributed by atoms with E-state index in [2.05, 4.69) is 38.0 Å². The summed E-state index contributed by atoms with van der Waals surface area (Å²) in [6, 6.07) is 4.39. The van der Waals surface area contributed by atoms with Gasteiger partial charge >= 0.3 is 0 Å². The topological polar surface area (TPSA) is 34.2 Å². The van der Waals surface area contributed by atoms with Crippen LogP contribution in [0, 0.1) is 5.41 Å². The lowest BCUT2D eigenvalue weighted by Gasteiger charge is -2.32. The Morgan fingerprint density at radius 1 is 1.37 bits per heavy atom. The smallest absolute Gasteiger partial charge is 0.140 e. The van der Waals surface area contributed by atoms with Crippen molar-refractivity contribution in [2.75, 3.05) is 13.7 Å². The molecule has 0 aliphatic rings. The summed E-state index contributed by atoms with van der Waals surface area (Å²) < 4.78 is 5.36. The van der Waals surface area contributed by atoms with E-state index >= 15 is 0 Å². The average Bonchev–Trinajstić information content (AvgIpc) is 2.37. The third kappa shape index (κ3) is 5.19. The number of hydrogen-bond acceptors (Lipinski definition) is 3. The van der Waals surface area contributed by atoms with Gasteiger partial charge in [0.25, 0.3) is 0 Å². The van der Waals surface area contributed by atoms with Crippen LogP contribution in [0.15, 0.2) is 18.3 Å². The van der Waals surface area contributed by atoms with E-state index < -0.39 is 0 Å². The van der Waals surface area contributed by atoms with Crippen molar-refractivity contribution in [1.82, 2.24) is 10.3 Å². The molecule has 1 aromatic rings. The third-order valence-corrected chi connectivity index (χ3v) is 3.42. The highest BCUT2D eigenvalue weighted by atomic mass is 16.5. The van der Waals surface area contributed by atoms with Crippen LogP contribution in [0.1, 0.15) is 46.2 Å². The lowest BCUT2D eigenvalue weighted by Crippen LogP contribution is -2.41. The molecule has 0 aliphatic carbocycles. The highest BCUT2D eigenvalue weighted by molar-refractivity contribution is 5.26. The molecular formula is C16H28N2O. The van der Waals surface area contributed by atoms with Gasteiger partial charge in [-0.3, -0.25) is 4.98 Å². The van der Waals surface area contributed by atoms with Crippen molar-refractivity contribution in [3.05, 3.63) is 24.0 Å². The Morgan fingerprint density at radius 3 is 2.68 bits per heavy atom. The van der Waals surface area contributed by atoms with E-state index in [0.717, 1.165) is 30.8 Å². The highest BCUT2D eigenvalue weighted by Gasteiger charge is 2.24.